The predicted octanol–water partition coefficient (Wildman–Crippen LogP) is 1.92. The van der Waals surface area contributed by atoms with E-state index in [1.165, 1.54) is 18.3 Å². The highest BCUT2D eigenvalue weighted by atomic mass is 19.1. The first-order chi connectivity index (χ1) is 13.9. The first kappa shape index (κ1) is 19.3. The Balaban J connectivity index is 1.70. The second-order valence-electron chi connectivity index (χ2n) is 7.84. The molecular weight excluding hydrogens is 375 g/mol. The number of nitrogens with zero attached hydrogens (tertiary/aromatic N) is 5. The van der Waals surface area contributed by atoms with E-state index in [2.05, 4.69) is 34.2 Å². The van der Waals surface area contributed by atoms with E-state index in [0.717, 1.165) is 0 Å². The summed E-state index contributed by atoms with van der Waals surface area (Å²) in [5, 5.41) is 25.9. The van der Waals surface area contributed by atoms with Gasteiger partial charge in [-0.25, -0.2) is 9.49 Å². The molecule has 3 aromatic rings. The molecule has 2 N–H and O–H groups in total. The third-order valence-electron chi connectivity index (χ3n) is 5.11. The maximum absolute atomic E-state index is 14.3. The van der Waals surface area contributed by atoms with E-state index in [1.54, 1.807) is 18.2 Å². The standard InChI is InChI=1S/C20H23FN6O2/c1-13(2)11-27-18(14-9-17(28)23-22-10-14)24-25-19(27)26-8-7-20(29,12-26)15-5-3-4-6-16(15)21/h3-6,9-10,13,29H,7-8,11-12H2,1-2H3,(H,23,28). The molecule has 1 aliphatic rings. The minimum absolute atomic E-state index is 0.206. The fraction of sp³-hybridized carbons (Fsp3) is 0.400. The highest BCUT2D eigenvalue weighted by Crippen LogP contribution is 2.36. The van der Waals surface area contributed by atoms with Gasteiger partial charge in [0.15, 0.2) is 5.82 Å². The van der Waals surface area contributed by atoms with Crippen molar-refractivity contribution < 1.29 is 9.50 Å². The van der Waals surface area contributed by atoms with Gasteiger partial charge in [-0.05, 0) is 18.4 Å². The Hall–Kier alpha value is -3.07. The van der Waals surface area contributed by atoms with Gasteiger partial charge >= 0.3 is 0 Å². The largest absolute Gasteiger partial charge is 0.383 e. The molecule has 1 atom stereocenters. The molecule has 1 aliphatic heterocycles. The Labute approximate surface area is 167 Å². The van der Waals surface area contributed by atoms with Crippen LogP contribution >= 0.6 is 0 Å². The SMILES string of the molecule is CC(C)Cn1c(-c2cn[nH]c(=O)c2)nnc1N1CCC(O)(c2ccccc2F)C1. The van der Waals surface area contributed by atoms with Crippen molar-refractivity contribution in [1.82, 2.24) is 25.0 Å². The van der Waals surface area contributed by atoms with Crippen molar-refractivity contribution in [2.45, 2.75) is 32.4 Å². The van der Waals surface area contributed by atoms with E-state index < -0.39 is 11.4 Å². The van der Waals surface area contributed by atoms with Crippen molar-refractivity contribution in [2.75, 3.05) is 18.0 Å². The number of aromatic nitrogens is 5. The van der Waals surface area contributed by atoms with Crippen LogP contribution < -0.4 is 10.5 Å². The molecule has 0 amide bonds. The molecule has 1 saturated heterocycles. The van der Waals surface area contributed by atoms with Gasteiger partial charge in [-0.3, -0.25) is 9.36 Å². The van der Waals surface area contributed by atoms with Gasteiger partial charge in [-0.2, -0.15) is 5.10 Å². The van der Waals surface area contributed by atoms with Gasteiger partial charge in [0, 0.05) is 30.3 Å². The van der Waals surface area contributed by atoms with Gasteiger partial charge in [-0.15, -0.1) is 10.2 Å². The zero-order valence-electron chi connectivity index (χ0n) is 16.3. The number of rotatable bonds is 5. The Morgan fingerprint density at radius 3 is 2.83 bits per heavy atom. The zero-order chi connectivity index (χ0) is 20.6. The number of β-amino-alcohol motifs (C(OH)–C–C–N with tert-alkyl or cyclic N) is 1. The Kier molecular flexibility index (Phi) is 4.91. The van der Waals surface area contributed by atoms with Crippen LogP contribution in [-0.4, -0.2) is 43.2 Å². The fourth-order valence-corrected chi connectivity index (χ4v) is 3.80. The topological polar surface area (TPSA) is 99.9 Å². The van der Waals surface area contributed by atoms with Crippen LogP contribution in [0.15, 0.2) is 41.3 Å². The molecule has 152 valence electrons. The van der Waals surface area contributed by atoms with Crippen LogP contribution in [0.2, 0.25) is 0 Å². The maximum Gasteiger partial charge on any atom is 0.264 e. The van der Waals surface area contributed by atoms with Crippen LogP contribution in [0.4, 0.5) is 10.3 Å². The number of H-pyrrole nitrogens is 1. The minimum atomic E-state index is -1.30. The van der Waals surface area contributed by atoms with E-state index in [4.69, 9.17) is 0 Å². The monoisotopic (exact) mass is 398 g/mol. The summed E-state index contributed by atoms with van der Waals surface area (Å²) >= 11 is 0. The lowest BCUT2D eigenvalue weighted by atomic mass is 9.93. The van der Waals surface area contributed by atoms with Crippen LogP contribution in [0.3, 0.4) is 0 Å². The smallest absolute Gasteiger partial charge is 0.264 e. The highest BCUT2D eigenvalue weighted by molar-refractivity contribution is 5.56. The summed E-state index contributed by atoms with van der Waals surface area (Å²) in [6.07, 6.45) is 1.91. The Morgan fingerprint density at radius 1 is 1.31 bits per heavy atom. The van der Waals surface area contributed by atoms with Crippen LogP contribution in [0, 0.1) is 11.7 Å². The number of benzene rings is 1. The molecule has 0 bridgehead atoms. The Morgan fingerprint density at radius 2 is 2.10 bits per heavy atom. The van der Waals surface area contributed by atoms with Crippen LogP contribution in [0.25, 0.3) is 11.4 Å². The van der Waals surface area contributed by atoms with E-state index in [1.807, 2.05) is 9.47 Å². The molecule has 1 fully saturated rings. The van der Waals surface area contributed by atoms with Crippen molar-refractivity contribution in [1.29, 1.82) is 0 Å². The first-order valence-corrected chi connectivity index (χ1v) is 9.58. The highest BCUT2D eigenvalue weighted by Gasteiger charge is 2.41. The number of hydrogen-bond donors (Lipinski definition) is 2. The summed E-state index contributed by atoms with van der Waals surface area (Å²) in [5.74, 6) is 0.997. The lowest BCUT2D eigenvalue weighted by molar-refractivity contribution is 0.0567. The normalized spacial score (nSPS) is 19.3. The molecule has 1 aromatic carbocycles. The van der Waals surface area contributed by atoms with Crippen LogP contribution in [-0.2, 0) is 12.1 Å². The molecule has 4 rings (SSSR count). The first-order valence-electron chi connectivity index (χ1n) is 9.58. The second kappa shape index (κ2) is 7.40. The molecule has 2 aromatic heterocycles. The summed E-state index contributed by atoms with van der Waals surface area (Å²) in [5.41, 5.74) is -0.766. The molecule has 9 heteroatoms. The molecule has 0 spiro atoms. The quantitative estimate of drug-likeness (QED) is 0.681. The Bertz CT molecular complexity index is 1080. The summed E-state index contributed by atoms with van der Waals surface area (Å²) in [7, 11) is 0. The molecule has 0 radical (unpaired) electrons. The number of halogens is 1. The predicted molar refractivity (Wildman–Crippen MR) is 106 cm³/mol. The number of anilines is 1. The molecule has 1 unspecified atom stereocenters. The number of hydrogen-bond acceptors (Lipinski definition) is 6. The van der Waals surface area contributed by atoms with Gasteiger partial charge in [0.1, 0.15) is 11.4 Å². The van der Waals surface area contributed by atoms with Gasteiger partial charge < -0.3 is 10.0 Å². The van der Waals surface area contributed by atoms with Crippen molar-refractivity contribution in [3.63, 3.8) is 0 Å². The van der Waals surface area contributed by atoms with Gasteiger partial charge in [0.05, 0.1) is 12.7 Å². The second-order valence-corrected chi connectivity index (χ2v) is 7.84. The molecule has 0 saturated carbocycles. The van der Waals surface area contributed by atoms with Gasteiger partial charge in [0.2, 0.25) is 5.95 Å². The fourth-order valence-electron chi connectivity index (χ4n) is 3.80. The molecule has 0 aliphatic carbocycles. The van der Waals surface area contributed by atoms with E-state index >= 15 is 0 Å². The summed E-state index contributed by atoms with van der Waals surface area (Å²) in [6, 6.07) is 7.73. The van der Waals surface area contributed by atoms with E-state index in [-0.39, 0.29) is 17.7 Å². The van der Waals surface area contributed by atoms with Gasteiger partial charge in [0.25, 0.3) is 5.56 Å². The third-order valence-corrected chi connectivity index (χ3v) is 5.11. The van der Waals surface area contributed by atoms with Crippen molar-refractivity contribution in [3.05, 3.63) is 58.3 Å². The maximum atomic E-state index is 14.3. The van der Waals surface area contributed by atoms with E-state index in [0.29, 0.717) is 42.8 Å². The summed E-state index contributed by atoms with van der Waals surface area (Å²) < 4.78 is 16.2. The summed E-state index contributed by atoms with van der Waals surface area (Å²) in [6.45, 7) is 5.48. The van der Waals surface area contributed by atoms with Crippen molar-refractivity contribution in [2.24, 2.45) is 5.92 Å². The van der Waals surface area contributed by atoms with Crippen LogP contribution in [0.1, 0.15) is 25.8 Å². The third kappa shape index (κ3) is 3.65. The van der Waals surface area contributed by atoms with E-state index in [9.17, 15) is 14.3 Å². The molecule has 3 heterocycles. The summed E-state index contributed by atoms with van der Waals surface area (Å²) in [4.78, 5) is 13.6. The van der Waals surface area contributed by atoms with Crippen molar-refractivity contribution >= 4 is 5.95 Å². The van der Waals surface area contributed by atoms with Crippen molar-refractivity contribution in [3.8, 4) is 11.4 Å². The average Bonchev–Trinajstić information content (AvgIpc) is 3.26. The molecule has 8 nitrogen and oxygen atoms in total. The van der Waals surface area contributed by atoms with Gasteiger partial charge in [-0.1, -0.05) is 32.0 Å². The van der Waals surface area contributed by atoms with Crippen LogP contribution in [0.5, 0.6) is 0 Å². The lowest BCUT2D eigenvalue weighted by Crippen LogP contribution is -2.33. The molecule has 29 heavy (non-hydrogen) atoms. The minimum Gasteiger partial charge on any atom is -0.383 e. The zero-order valence-corrected chi connectivity index (χ0v) is 16.3. The molecular formula is C20H23FN6O2. The number of aliphatic hydroxyl groups is 1. The number of nitrogens with one attached hydrogen (secondary N) is 1. The average molecular weight is 398 g/mol. The number of aromatic amines is 1. The lowest BCUT2D eigenvalue weighted by Gasteiger charge is -2.25.